The molecule has 0 bridgehead atoms. The number of carboxylic acids is 1. The fourth-order valence-electron chi connectivity index (χ4n) is 3.99. The molecule has 1 saturated carbocycles. The summed E-state index contributed by atoms with van der Waals surface area (Å²) in [6, 6.07) is 3.93. The molecule has 26 heavy (non-hydrogen) atoms. The second kappa shape index (κ2) is 11.4. The third-order valence-corrected chi connectivity index (χ3v) is 5.74. The molecule has 0 spiro atoms. The van der Waals surface area contributed by atoms with Gasteiger partial charge >= 0.3 is 14.7 Å². The third-order valence-electron chi connectivity index (χ3n) is 5.49. The van der Waals surface area contributed by atoms with Crippen LogP contribution in [0.15, 0.2) is 24.5 Å². The number of aromatic nitrogens is 1. The lowest BCUT2D eigenvalue weighted by Crippen LogP contribution is -2.32. The van der Waals surface area contributed by atoms with Crippen LogP contribution >= 0.6 is 8.69 Å². The SMILES string of the molecule is NC(CC1CCCCC1)C(CCC(COP=O)C(=O)O)c1ccncc1. The van der Waals surface area contributed by atoms with E-state index < -0.39 is 20.6 Å². The molecule has 0 aliphatic heterocycles. The van der Waals surface area contributed by atoms with Crippen molar-refractivity contribution in [2.75, 3.05) is 6.61 Å². The van der Waals surface area contributed by atoms with Crippen LogP contribution < -0.4 is 5.73 Å². The molecule has 6 nitrogen and oxygen atoms in total. The topological polar surface area (TPSA) is 103 Å². The molecule has 1 fully saturated rings. The Morgan fingerprint density at radius 2 is 1.96 bits per heavy atom. The van der Waals surface area contributed by atoms with Gasteiger partial charge in [0.05, 0.1) is 12.5 Å². The van der Waals surface area contributed by atoms with Crippen LogP contribution in [0.2, 0.25) is 0 Å². The van der Waals surface area contributed by atoms with E-state index in [0.717, 1.165) is 12.0 Å². The van der Waals surface area contributed by atoms with Gasteiger partial charge in [-0.1, -0.05) is 32.1 Å². The van der Waals surface area contributed by atoms with E-state index in [1.165, 1.54) is 32.1 Å². The predicted octanol–water partition coefficient (Wildman–Crippen LogP) is 4.17. The summed E-state index contributed by atoms with van der Waals surface area (Å²) in [6.45, 7) is -0.0542. The Hall–Kier alpha value is -1.36. The lowest BCUT2D eigenvalue weighted by molar-refractivity contribution is -0.143. The maximum atomic E-state index is 11.4. The molecule has 2 rings (SSSR count). The summed E-state index contributed by atoms with van der Waals surface area (Å²) in [5, 5.41) is 9.36. The van der Waals surface area contributed by atoms with E-state index in [-0.39, 0.29) is 18.6 Å². The zero-order valence-corrected chi connectivity index (χ0v) is 16.0. The van der Waals surface area contributed by atoms with Crippen LogP contribution in [-0.4, -0.2) is 28.7 Å². The summed E-state index contributed by atoms with van der Waals surface area (Å²) < 4.78 is 15.2. The number of carbonyl (C=O) groups is 1. The second-order valence-corrected chi connectivity index (χ2v) is 7.68. The van der Waals surface area contributed by atoms with E-state index in [4.69, 9.17) is 10.3 Å². The Morgan fingerprint density at radius 3 is 2.58 bits per heavy atom. The molecule has 1 heterocycles. The van der Waals surface area contributed by atoms with Gasteiger partial charge in [-0.15, -0.1) is 0 Å². The van der Waals surface area contributed by atoms with Crippen LogP contribution in [0.1, 0.15) is 62.8 Å². The van der Waals surface area contributed by atoms with E-state index in [1.807, 2.05) is 12.1 Å². The molecule has 0 amide bonds. The molecule has 1 aliphatic carbocycles. The lowest BCUT2D eigenvalue weighted by atomic mass is 9.78. The van der Waals surface area contributed by atoms with E-state index >= 15 is 0 Å². The van der Waals surface area contributed by atoms with Crippen molar-refractivity contribution >= 4 is 14.7 Å². The smallest absolute Gasteiger partial charge is 0.327 e. The van der Waals surface area contributed by atoms with Crippen molar-refractivity contribution in [3.8, 4) is 0 Å². The van der Waals surface area contributed by atoms with Gasteiger partial charge in [0, 0.05) is 18.4 Å². The Balaban J connectivity index is 2.02. The van der Waals surface area contributed by atoms with Crippen LogP contribution in [0, 0.1) is 11.8 Å². The minimum atomic E-state index is -0.928. The standard InChI is InChI=1S/C19H29N2O4P/c20-18(12-14-4-2-1-3-5-14)17(15-8-10-21-11-9-15)7-6-16(19(22)23)13-25-26-24/h8-11,14,16-18H,1-7,12-13,20H2,(H,22,23). The highest BCUT2D eigenvalue weighted by atomic mass is 31.1. The van der Waals surface area contributed by atoms with Gasteiger partial charge in [-0.05, 0) is 48.8 Å². The van der Waals surface area contributed by atoms with E-state index in [9.17, 15) is 14.5 Å². The zero-order chi connectivity index (χ0) is 18.8. The maximum Gasteiger partial charge on any atom is 0.327 e. The second-order valence-electron chi connectivity index (χ2n) is 7.27. The van der Waals surface area contributed by atoms with E-state index in [0.29, 0.717) is 18.8 Å². The number of hydrogen-bond acceptors (Lipinski definition) is 5. The van der Waals surface area contributed by atoms with Crippen molar-refractivity contribution in [2.24, 2.45) is 17.6 Å². The van der Waals surface area contributed by atoms with Crippen molar-refractivity contribution in [1.29, 1.82) is 0 Å². The molecule has 1 aromatic heterocycles. The minimum absolute atomic E-state index is 0.00602. The first-order chi connectivity index (χ1) is 12.6. The van der Waals surface area contributed by atoms with Gasteiger partial charge in [-0.2, -0.15) is 0 Å². The molecule has 0 aromatic carbocycles. The van der Waals surface area contributed by atoms with Crippen molar-refractivity contribution in [1.82, 2.24) is 4.98 Å². The fraction of sp³-hybridized carbons (Fsp3) is 0.684. The summed E-state index contributed by atoms with van der Waals surface area (Å²) >= 11 is 0. The maximum absolute atomic E-state index is 11.4. The van der Waals surface area contributed by atoms with Crippen molar-refractivity contribution in [3.63, 3.8) is 0 Å². The Morgan fingerprint density at radius 1 is 1.27 bits per heavy atom. The van der Waals surface area contributed by atoms with Gasteiger partial charge in [-0.25, -0.2) is 4.57 Å². The third kappa shape index (κ3) is 6.75. The van der Waals surface area contributed by atoms with Gasteiger partial charge < -0.3 is 10.8 Å². The van der Waals surface area contributed by atoms with Crippen LogP contribution in [0.3, 0.4) is 0 Å². The number of aliphatic carboxylic acids is 1. The molecule has 1 aromatic rings. The number of nitrogens with zero attached hydrogens (tertiary/aromatic N) is 1. The number of nitrogens with two attached hydrogens (primary N) is 1. The first-order valence-electron chi connectivity index (χ1n) is 9.44. The van der Waals surface area contributed by atoms with Gasteiger partial charge in [0.2, 0.25) is 0 Å². The molecule has 3 unspecified atom stereocenters. The van der Waals surface area contributed by atoms with Crippen LogP contribution in [0.25, 0.3) is 0 Å². The first kappa shape index (κ1) is 20.9. The predicted molar refractivity (Wildman–Crippen MR) is 100 cm³/mol. The molecule has 0 saturated heterocycles. The zero-order valence-electron chi connectivity index (χ0n) is 15.1. The Labute approximate surface area is 156 Å². The monoisotopic (exact) mass is 380 g/mol. The van der Waals surface area contributed by atoms with Gasteiger partial charge in [-0.3, -0.25) is 14.3 Å². The highest BCUT2D eigenvalue weighted by Crippen LogP contribution is 2.33. The van der Waals surface area contributed by atoms with Crippen LogP contribution in [-0.2, 0) is 13.9 Å². The number of rotatable bonds is 11. The lowest BCUT2D eigenvalue weighted by Gasteiger charge is -2.30. The average Bonchev–Trinajstić information content (AvgIpc) is 2.65. The summed E-state index contributed by atoms with van der Waals surface area (Å²) in [4.78, 5) is 15.5. The summed E-state index contributed by atoms with van der Waals surface area (Å²) in [7, 11) is -0.486. The quantitative estimate of drug-likeness (QED) is 0.559. The number of pyridine rings is 1. The summed E-state index contributed by atoms with van der Waals surface area (Å²) in [5.41, 5.74) is 7.70. The van der Waals surface area contributed by atoms with Crippen molar-refractivity contribution in [3.05, 3.63) is 30.1 Å². The fourth-order valence-corrected chi connectivity index (χ4v) is 4.23. The Bertz CT molecular complexity index is 552. The molecule has 7 heteroatoms. The summed E-state index contributed by atoms with van der Waals surface area (Å²) in [5.74, 6) is -0.849. The molecule has 144 valence electrons. The van der Waals surface area contributed by atoms with Crippen LogP contribution in [0.4, 0.5) is 0 Å². The first-order valence-corrected chi connectivity index (χ1v) is 10.2. The number of hydrogen-bond donors (Lipinski definition) is 2. The summed E-state index contributed by atoms with van der Waals surface area (Å²) in [6.07, 6.45) is 11.9. The van der Waals surface area contributed by atoms with Gasteiger partial charge in [0.1, 0.15) is 0 Å². The molecule has 0 radical (unpaired) electrons. The molecular formula is C19H29N2O4P. The largest absolute Gasteiger partial charge is 0.481 e. The number of carboxylic acid groups (broad SMARTS) is 1. The van der Waals surface area contributed by atoms with Gasteiger partial charge in [0.25, 0.3) is 0 Å². The minimum Gasteiger partial charge on any atom is -0.481 e. The van der Waals surface area contributed by atoms with Crippen molar-refractivity contribution in [2.45, 2.75) is 63.3 Å². The average molecular weight is 380 g/mol. The van der Waals surface area contributed by atoms with E-state index in [1.54, 1.807) is 12.4 Å². The highest BCUT2D eigenvalue weighted by Gasteiger charge is 2.27. The van der Waals surface area contributed by atoms with Crippen LogP contribution in [0.5, 0.6) is 0 Å². The molecule has 3 N–H and O–H groups in total. The molecule has 1 aliphatic rings. The highest BCUT2D eigenvalue weighted by molar-refractivity contribution is 7.17. The van der Waals surface area contributed by atoms with Crippen molar-refractivity contribution < 1.29 is 19.0 Å². The van der Waals surface area contributed by atoms with E-state index in [2.05, 4.69) is 4.98 Å². The molecular weight excluding hydrogens is 351 g/mol. The van der Waals surface area contributed by atoms with Gasteiger partial charge in [0.15, 0.2) is 0 Å². The normalized spacial score (nSPS) is 19.1. The molecule has 3 atom stereocenters. The Kier molecular flexibility index (Phi) is 9.16.